The molecule has 27 heteroatoms. The second-order valence-corrected chi connectivity index (χ2v) is 18.8. The Balaban J connectivity index is 0.000000179. The molecule has 5 heterocycles. The fraction of sp³-hybridized carbons (Fsp3) is 0.372. The van der Waals surface area contributed by atoms with Crippen molar-refractivity contribution in [3.63, 3.8) is 0 Å². The molecule has 0 aromatic heterocycles. The number of rotatable bonds is 11. The minimum absolute atomic E-state index is 0.0134. The van der Waals surface area contributed by atoms with Crippen molar-refractivity contribution in [2.75, 3.05) is 65.4 Å². The molecule has 0 spiro atoms. The van der Waals surface area contributed by atoms with Gasteiger partial charge in [-0.05, 0) is 45.1 Å². The highest BCUT2D eigenvalue weighted by Gasteiger charge is 2.39. The Morgan fingerprint density at radius 3 is 1.70 bits per heavy atom. The average molecular weight is 1050 g/mol. The lowest BCUT2D eigenvalue weighted by Crippen LogP contribution is -2.33. The minimum Gasteiger partial charge on any atom is -0.443 e. The van der Waals surface area contributed by atoms with Crippen molar-refractivity contribution < 1.29 is 63.4 Å². The van der Waals surface area contributed by atoms with Gasteiger partial charge in [0.1, 0.15) is 28.4 Å². The number of amides is 2. The van der Waals surface area contributed by atoms with E-state index in [1.807, 2.05) is 13.8 Å². The topological polar surface area (TPSA) is 212 Å². The summed E-state index contributed by atoms with van der Waals surface area (Å²) in [6.45, 7) is 5.99. The van der Waals surface area contributed by atoms with Crippen LogP contribution in [0, 0.1) is 41.8 Å². The quantitative estimate of drug-likeness (QED) is 0.0659. The van der Waals surface area contributed by atoms with Crippen molar-refractivity contribution in [3.8, 4) is 0 Å². The summed E-state index contributed by atoms with van der Waals surface area (Å²) >= 11 is 11.0. The summed E-state index contributed by atoms with van der Waals surface area (Å²) in [4.78, 5) is 51.6. The Labute approximate surface area is 406 Å². The predicted molar refractivity (Wildman–Crippen MR) is 245 cm³/mol. The number of carbonyl (C=O) groups is 4. The van der Waals surface area contributed by atoms with Gasteiger partial charge >= 0.3 is 12.2 Å². The largest absolute Gasteiger partial charge is 0.443 e. The molecular formula is C43H44Cl2F6N10O8S. The van der Waals surface area contributed by atoms with Crippen LogP contribution in [0.1, 0.15) is 32.3 Å². The maximum absolute atomic E-state index is 14.7. The Morgan fingerprint density at radius 1 is 0.800 bits per heavy atom. The number of ketones is 2. The first kappa shape index (κ1) is 52.9. The molecule has 2 amide bonds. The summed E-state index contributed by atoms with van der Waals surface area (Å²) in [6, 6.07) is 7.93. The highest BCUT2D eigenvalue weighted by Crippen LogP contribution is 2.37. The lowest BCUT2D eigenvalue weighted by atomic mass is 10.1. The maximum Gasteiger partial charge on any atom is 0.414 e. The number of hydrazone groups is 1. The van der Waals surface area contributed by atoms with E-state index in [4.69, 9.17) is 38.4 Å². The van der Waals surface area contributed by atoms with Crippen LogP contribution in [0.25, 0.3) is 0 Å². The molecule has 2 saturated heterocycles. The number of ether oxygens (including phenoxy) is 2. The van der Waals surface area contributed by atoms with Crippen LogP contribution in [0.2, 0.25) is 0 Å². The number of nitrogens with zero attached hydrogens (tertiary/aromatic N) is 8. The first-order chi connectivity index (χ1) is 33.1. The number of nitrogens with one attached hydrogen (secondary N) is 1. The van der Waals surface area contributed by atoms with Crippen LogP contribution in [0.15, 0.2) is 81.3 Å². The Bertz CT molecular complexity index is 2760. The van der Waals surface area contributed by atoms with E-state index in [1.165, 1.54) is 37.5 Å². The van der Waals surface area contributed by atoms with E-state index in [-0.39, 0.29) is 80.3 Å². The number of anilines is 4. The molecule has 3 aromatic rings. The van der Waals surface area contributed by atoms with E-state index >= 15 is 0 Å². The number of halogens is 8. The smallest absolute Gasteiger partial charge is 0.414 e. The first-order valence-electron chi connectivity index (χ1n) is 21.1. The van der Waals surface area contributed by atoms with E-state index in [2.05, 4.69) is 20.3 Å². The molecule has 376 valence electrons. The van der Waals surface area contributed by atoms with Gasteiger partial charge in [0.25, 0.3) is 10.0 Å². The summed E-state index contributed by atoms with van der Waals surface area (Å²) in [7, 11) is -3.66. The number of allylic oxidation sites excluding steroid dienone is 2. The van der Waals surface area contributed by atoms with Crippen molar-refractivity contribution in [1.29, 1.82) is 0 Å². The minimum atomic E-state index is -3.66. The second kappa shape index (κ2) is 22.5. The van der Waals surface area contributed by atoms with Crippen molar-refractivity contribution in [2.24, 2.45) is 21.2 Å². The molecule has 2 fully saturated rings. The summed E-state index contributed by atoms with van der Waals surface area (Å²) < 4.78 is 121. The van der Waals surface area contributed by atoms with Gasteiger partial charge in [-0.1, -0.05) is 46.1 Å². The summed E-state index contributed by atoms with van der Waals surface area (Å²) in [6.07, 6.45) is 1.74. The van der Waals surface area contributed by atoms with Gasteiger partial charge in [0.2, 0.25) is 0 Å². The van der Waals surface area contributed by atoms with E-state index in [9.17, 15) is 53.9 Å². The van der Waals surface area contributed by atoms with Crippen molar-refractivity contribution in [1.82, 2.24) is 9.84 Å². The highest BCUT2D eigenvalue weighted by molar-refractivity contribution is 7.89. The number of alkyl halides is 2. The lowest BCUT2D eigenvalue weighted by Gasteiger charge is -2.25. The third-order valence-electron chi connectivity index (χ3n) is 10.7. The third-order valence-corrected chi connectivity index (χ3v) is 12.6. The summed E-state index contributed by atoms with van der Waals surface area (Å²) in [5.41, 5.74) is 4.34. The second-order valence-electron chi connectivity index (χ2n) is 16.0. The zero-order valence-corrected chi connectivity index (χ0v) is 39.6. The van der Waals surface area contributed by atoms with E-state index in [1.54, 1.807) is 17.1 Å². The number of hydrogen-bond acceptors (Lipinski definition) is 15. The van der Waals surface area contributed by atoms with Gasteiger partial charge in [-0.15, -0.1) is 0 Å². The summed E-state index contributed by atoms with van der Waals surface area (Å²) in [5, 5.41) is 13.1. The number of aryl methyl sites for hydroxylation is 1. The Hall–Kier alpha value is -6.44. The molecule has 0 radical (unpaired) electrons. The van der Waals surface area contributed by atoms with Crippen molar-refractivity contribution >= 4 is 85.4 Å². The molecule has 1 unspecified atom stereocenters. The van der Waals surface area contributed by atoms with Gasteiger partial charge < -0.3 is 25.0 Å². The summed E-state index contributed by atoms with van der Waals surface area (Å²) in [5.74, 6) is -8.06. The zero-order valence-electron chi connectivity index (χ0n) is 37.3. The number of cyclic esters (lactones) is 2. The van der Waals surface area contributed by atoms with Gasteiger partial charge in [0.05, 0.1) is 54.2 Å². The standard InChI is InChI=1S/C18H18F3N5O3.C15H14F3N3O3.C10H12Cl2N2O2S/c1-10-7-25(23-22-10)8-12-9-26(18(28)29-12)14-6-13(19)17(16(21)15(14)20)24-4-2-11(27)3-5-24;16-10-5-11(21-7-9(6-19)24-15(21)23)12(17)13(18)14(10)20-3-1-8(22)2-4-20;1-7-3-5-9(6-4-7)17(15,16)14-13-8(2)10(11)12/h2,4,6,10,12H,3,5,7-9H2,1H3;1,3,5,9H,2,4,6-7,19H2;3-6,10,14H,1-2H3/b;;13-8+/t10?,12-;9-;/m00./s1. The molecule has 3 aromatic carbocycles. The van der Waals surface area contributed by atoms with Crippen molar-refractivity contribution in [2.45, 2.75) is 61.6 Å². The SMILES string of the molecule is C/C(=N\NS(=O)(=O)c1ccc(C)cc1)C(Cl)Cl.CC1CN(C[C@H]2CN(c3cc(F)c(N4C=CC(=O)CC4)c(F)c3F)C(=O)O2)N=N1.NC[C@H]1CN(c2cc(F)c(N3C=CC(=O)CC3)c(F)c2F)C(=O)O1. The fourth-order valence-corrected chi connectivity index (χ4v) is 8.01. The van der Waals surface area contributed by atoms with Gasteiger partial charge in [-0.25, -0.2) is 40.8 Å². The van der Waals surface area contributed by atoms with Crippen molar-refractivity contribution in [3.05, 3.63) is 101 Å². The van der Waals surface area contributed by atoms with E-state index in [0.29, 0.717) is 6.54 Å². The van der Waals surface area contributed by atoms with Crippen LogP contribution in [-0.2, 0) is 29.1 Å². The molecule has 3 atom stereocenters. The van der Waals surface area contributed by atoms with Crippen LogP contribution in [-0.4, -0.2) is 112 Å². The van der Waals surface area contributed by atoms with E-state index < -0.39 is 96.9 Å². The molecule has 18 nitrogen and oxygen atoms in total. The number of carbonyl (C=O) groups excluding carboxylic acids is 4. The van der Waals surface area contributed by atoms with Crippen LogP contribution < -0.4 is 30.2 Å². The molecule has 3 N–H and O–H groups in total. The molecule has 0 bridgehead atoms. The van der Waals surface area contributed by atoms with Gasteiger partial charge in [-0.3, -0.25) is 24.4 Å². The third kappa shape index (κ3) is 12.5. The molecular weight excluding hydrogens is 1000 g/mol. The van der Waals surface area contributed by atoms with Gasteiger partial charge in [-0.2, -0.15) is 18.6 Å². The normalized spacial score (nSPS) is 20.2. The molecule has 5 aliphatic rings. The van der Waals surface area contributed by atoms with Crippen LogP contribution in [0.5, 0.6) is 0 Å². The Morgan fingerprint density at radius 2 is 1.29 bits per heavy atom. The number of benzene rings is 3. The molecule has 8 rings (SSSR count). The van der Waals surface area contributed by atoms with Crippen LogP contribution >= 0.6 is 23.2 Å². The monoisotopic (exact) mass is 1040 g/mol. The fourth-order valence-electron chi connectivity index (χ4n) is 7.05. The number of sulfonamides is 1. The highest BCUT2D eigenvalue weighted by atomic mass is 35.5. The molecule has 70 heavy (non-hydrogen) atoms. The van der Waals surface area contributed by atoms with Crippen LogP contribution in [0.4, 0.5) is 58.7 Å². The lowest BCUT2D eigenvalue weighted by molar-refractivity contribution is -0.115. The van der Waals surface area contributed by atoms with Gasteiger partial charge in [0.15, 0.2) is 46.5 Å². The first-order valence-corrected chi connectivity index (χ1v) is 23.5. The maximum atomic E-state index is 14.7. The molecule has 0 saturated carbocycles. The van der Waals surface area contributed by atoms with Crippen LogP contribution in [0.3, 0.4) is 0 Å². The van der Waals surface area contributed by atoms with Gasteiger partial charge in [0, 0.05) is 57.0 Å². The Kier molecular flexibility index (Phi) is 17.0. The average Bonchev–Trinajstić information content (AvgIpc) is 4.03. The molecule has 0 aliphatic carbocycles. The number of nitrogens with two attached hydrogens (primary N) is 1. The number of hydrogen-bond donors (Lipinski definition) is 2. The predicted octanol–water partition coefficient (Wildman–Crippen LogP) is 6.93. The van der Waals surface area contributed by atoms with E-state index in [0.717, 1.165) is 43.4 Å². The zero-order chi connectivity index (χ0) is 51.2. The molecule has 5 aliphatic heterocycles.